The van der Waals surface area contributed by atoms with Gasteiger partial charge in [-0.15, -0.1) is 10.2 Å². The number of carbonyl (C=O) groups is 1. The fraction of sp³-hybridized carbons (Fsp3) is 0.0476. The summed E-state index contributed by atoms with van der Waals surface area (Å²) in [6.07, 6.45) is 0. The van der Waals surface area contributed by atoms with E-state index in [1.807, 2.05) is 25.1 Å². The van der Waals surface area contributed by atoms with Crippen molar-refractivity contribution in [3.63, 3.8) is 0 Å². The van der Waals surface area contributed by atoms with Crippen LogP contribution in [0.3, 0.4) is 0 Å². The van der Waals surface area contributed by atoms with Crippen LogP contribution in [0.15, 0.2) is 59.0 Å². The predicted octanol–water partition coefficient (Wildman–Crippen LogP) is 5.98. The molecular formula is C21H13Cl2N5O2S. The molecule has 0 aliphatic rings. The zero-order valence-corrected chi connectivity index (χ0v) is 18.3. The molecule has 0 saturated carbocycles. The monoisotopic (exact) mass is 469 g/mol. The number of benzene rings is 2. The first-order valence-electron chi connectivity index (χ1n) is 9.14. The number of aromatic nitrogens is 4. The van der Waals surface area contributed by atoms with Crippen molar-refractivity contribution in [2.75, 3.05) is 5.32 Å². The maximum Gasteiger partial charge on any atom is 0.291 e. The van der Waals surface area contributed by atoms with Gasteiger partial charge in [0.1, 0.15) is 10.8 Å². The Labute approximate surface area is 190 Å². The molecule has 10 heteroatoms. The lowest BCUT2D eigenvalue weighted by Crippen LogP contribution is -2.11. The molecule has 154 valence electrons. The zero-order valence-electron chi connectivity index (χ0n) is 16.0. The van der Waals surface area contributed by atoms with Crippen LogP contribution in [0.5, 0.6) is 0 Å². The first-order valence-corrected chi connectivity index (χ1v) is 10.7. The number of furan rings is 1. The van der Waals surface area contributed by atoms with E-state index < -0.39 is 5.91 Å². The normalized spacial score (nSPS) is 11.2. The molecule has 0 fully saturated rings. The third kappa shape index (κ3) is 3.69. The van der Waals surface area contributed by atoms with E-state index in [1.165, 1.54) is 11.3 Å². The molecule has 0 saturated heterocycles. The average molecular weight is 470 g/mol. The molecule has 0 spiro atoms. The number of halogens is 2. The van der Waals surface area contributed by atoms with E-state index in [0.29, 0.717) is 37.8 Å². The van der Waals surface area contributed by atoms with Crippen molar-refractivity contribution in [2.45, 2.75) is 6.92 Å². The molecule has 3 aromatic heterocycles. The van der Waals surface area contributed by atoms with Gasteiger partial charge < -0.3 is 9.73 Å². The Morgan fingerprint density at radius 3 is 2.74 bits per heavy atom. The maximum atomic E-state index is 12.9. The Hall–Kier alpha value is -3.20. The van der Waals surface area contributed by atoms with E-state index >= 15 is 0 Å². The molecule has 0 aliphatic heterocycles. The minimum atomic E-state index is -0.393. The number of nitrogens with one attached hydrogen (secondary N) is 1. The van der Waals surface area contributed by atoms with Gasteiger partial charge in [0.2, 0.25) is 4.96 Å². The van der Waals surface area contributed by atoms with E-state index in [1.54, 1.807) is 40.9 Å². The molecule has 0 aliphatic carbocycles. The zero-order chi connectivity index (χ0) is 21.5. The largest absolute Gasteiger partial charge is 0.451 e. The third-order valence-corrected chi connectivity index (χ3v) is 6.07. The summed E-state index contributed by atoms with van der Waals surface area (Å²) in [5, 5.41) is 17.3. The molecule has 0 radical (unpaired) electrons. The van der Waals surface area contributed by atoms with Crippen molar-refractivity contribution in [3.8, 4) is 21.9 Å². The lowest BCUT2D eigenvalue weighted by atomic mass is 10.2. The number of para-hydroxylation sites is 1. The minimum Gasteiger partial charge on any atom is -0.451 e. The maximum absolute atomic E-state index is 12.9. The summed E-state index contributed by atoms with van der Waals surface area (Å²) in [7, 11) is 0. The highest BCUT2D eigenvalue weighted by Crippen LogP contribution is 2.34. The lowest BCUT2D eigenvalue weighted by Gasteiger charge is -2.08. The van der Waals surface area contributed by atoms with Gasteiger partial charge in [0.25, 0.3) is 5.91 Å². The highest BCUT2D eigenvalue weighted by atomic mass is 35.5. The SMILES string of the molecule is Cc1nnc2sc(-c3ccccc3NC(=O)c3ccc(-c4cc(Cl)ccc4Cl)o3)nn12. The van der Waals surface area contributed by atoms with Gasteiger partial charge in [0, 0.05) is 16.1 Å². The van der Waals surface area contributed by atoms with Gasteiger partial charge in [0.15, 0.2) is 11.6 Å². The molecule has 31 heavy (non-hydrogen) atoms. The van der Waals surface area contributed by atoms with Crippen LogP contribution < -0.4 is 5.32 Å². The third-order valence-electron chi connectivity index (χ3n) is 4.58. The Morgan fingerprint density at radius 2 is 1.90 bits per heavy atom. The Balaban J connectivity index is 1.44. The van der Waals surface area contributed by atoms with Gasteiger partial charge >= 0.3 is 0 Å². The molecule has 3 heterocycles. The van der Waals surface area contributed by atoms with Crippen molar-refractivity contribution in [2.24, 2.45) is 0 Å². The van der Waals surface area contributed by atoms with E-state index in [0.717, 1.165) is 10.6 Å². The standard InChI is InChI=1S/C21H13Cl2N5O2S/c1-11-25-26-21-28(11)27-20(31-21)13-4-2-3-5-16(13)24-19(29)18-9-8-17(30-18)14-10-12(22)6-7-15(14)23/h2-10H,1H3,(H,24,29). The molecule has 5 rings (SSSR count). The second-order valence-corrected chi connectivity index (χ2v) is 8.44. The van der Waals surface area contributed by atoms with E-state index in [-0.39, 0.29) is 5.76 Å². The number of aryl methyl sites for hydroxylation is 1. The number of carbonyl (C=O) groups excluding carboxylic acids is 1. The van der Waals surface area contributed by atoms with Crippen molar-refractivity contribution >= 4 is 51.1 Å². The van der Waals surface area contributed by atoms with Crippen LogP contribution in [0.25, 0.3) is 26.9 Å². The summed E-state index contributed by atoms with van der Waals surface area (Å²) in [6, 6.07) is 15.7. The lowest BCUT2D eigenvalue weighted by molar-refractivity contribution is 0.0997. The molecule has 2 aromatic carbocycles. The number of rotatable bonds is 4. The number of anilines is 1. The molecule has 0 unspecified atom stereocenters. The number of nitrogens with zero attached hydrogens (tertiary/aromatic N) is 4. The quantitative estimate of drug-likeness (QED) is 0.349. The van der Waals surface area contributed by atoms with Crippen LogP contribution >= 0.6 is 34.5 Å². The molecule has 1 amide bonds. The molecule has 7 nitrogen and oxygen atoms in total. The van der Waals surface area contributed by atoms with E-state index in [4.69, 9.17) is 27.6 Å². The number of hydrogen-bond donors (Lipinski definition) is 1. The number of fused-ring (bicyclic) bond motifs is 1. The van der Waals surface area contributed by atoms with Gasteiger partial charge in [-0.2, -0.15) is 9.61 Å². The van der Waals surface area contributed by atoms with Gasteiger partial charge in [-0.25, -0.2) is 0 Å². The molecule has 0 atom stereocenters. The average Bonchev–Trinajstić information content (AvgIpc) is 3.48. The van der Waals surface area contributed by atoms with Crippen LogP contribution in [0.2, 0.25) is 10.0 Å². The van der Waals surface area contributed by atoms with Crippen molar-refractivity contribution in [1.29, 1.82) is 0 Å². The van der Waals surface area contributed by atoms with E-state index in [2.05, 4.69) is 20.6 Å². The summed E-state index contributed by atoms with van der Waals surface area (Å²) in [5.41, 5.74) is 1.99. The van der Waals surface area contributed by atoms with Crippen molar-refractivity contribution in [3.05, 3.63) is 76.2 Å². The van der Waals surface area contributed by atoms with Crippen LogP contribution in [-0.4, -0.2) is 25.7 Å². The summed E-state index contributed by atoms with van der Waals surface area (Å²) in [6.45, 7) is 1.83. The molecule has 0 bridgehead atoms. The molecule has 5 aromatic rings. The van der Waals surface area contributed by atoms with E-state index in [9.17, 15) is 4.79 Å². The topological polar surface area (TPSA) is 85.3 Å². The van der Waals surface area contributed by atoms with Crippen molar-refractivity contribution in [1.82, 2.24) is 19.8 Å². The molecule has 1 N–H and O–H groups in total. The summed E-state index contributed by atoms with van der Waals surface area (Å²) < 4.78 is 7.42. The second kappa shape index (κ2) is 7.81. The second-order valence-electron chi connectivity index (χ2n) is 6.64. The highest BCUT2D eigenvalue weighted by molar-refractivity contribution is 7.19. The number of amides is 1. The van der Waals surface area contributed by atoms with Crippen LogP contribution in [0.4, 0.5) is 5.69 Å². The number of hydrogen-bond acceptors (Lipinski definition) is 6. The van der Waals surface area contributed by atoms with Crippen LogP contribution in [0, 0.1) is 6.92 Å². The Morgan fingerprint density at radius 1 is 1.06 bits per heavy atom. The summed E-state index contributed by atoms with van der Waals surface area (Å²) in [4.78, 5) is 13.5. The van der Waals surface area contributed by atoms with Gasteiger partial charge in [-0.1, -0.05) is 46.7 Å². The van der Waals surface area contributed by atoms with Gasteiger partial charge in [-0.05, 0) is 49.4 Å². The Kier molecular flexibility index (Phi) is 4.97. The van der Waals surface area contributed by atoms with Gasteiger partial charge in [0.05, 0.1) is 10.7 Å². The van der Waals surface area contributed by atoms with Crippen LogP contribution in [-0.2, 0) is 0 Å². The summed E-state index contributed by atoms with van der Waals surface area (Å²) >= 11 is 13.7. The van der Waals surface area contributed by atoms with Crippen molar-refractivity contribution < 1.29 is 9.21 Å². The highest BCUT2D eigenvalue weighted by Gasteiger charge is 2.18. The predicted molar refractivity (Wildman–Crippen MR) is 121 cm³/mol. The van der Waals surface area contributed by atoms with Crippen LogP contribution in [0.1, 0.15) is 16.4 Å². The minimum absolute atomic E-state index is 0.148. The Bertz CT molecular complexity index is 1440. The first kappa shape index (κ1) is 19.7. The summed E-state index contributed by atoms with van der Waals surface area (Å²) in [5.74, 6) is 0.905. The first-order chi connectivity index (χ1) is 15.0. The fourth-order valence-corrected chi connectivity index (χ4v) is 4.38. The fourth-order valence-electron chi connectivity index (χ4n) is 3.08. The molecular weight excluding hydrogens is 457 g/mol. The smallest absolute Gasteiger partial charge is 0.291 e. The van der Waals surface area contributed by atoms with Gasteiger partial charge in [-0.3, -0.25) is 4.79 Å².